The van der Waals surface area contributed by atoms with Crippen molar-refractivity contribution >= 4 is 11.6 Å². The van der Waals surface area contributed by atoms with E-state index in [1.165, 1.54) is 12.8 Å². The molecule has 5 nitrogen and oxygen atoms in total. The first-order chi connectivity index (χ1) is 8.70. The summed E-state index contributed by atoms with van der Waals surface area (Å²) in [5, 5.41) is 13.1. The van der Waals surface area contributed by atoms with E-state index in [-0.39, 0.29) is 6.10 Å². The number of aryl methyl sites for hydroxylation is 1. The van der Waals surface area contributed by atoms with Crippen molar-refractivity contribution in [3.63, 3.8) is 0 Å². The summed E-state index contributed by atoms with van der Waals surface area (Å²) < 4.78 is 0. The average molecular weight is 248 g/mol. The number of aliphatic hydroxyl groups is 1. The summed E-state index contributed by atoms with van der Waals surface area (Å²) in [5.74, 6) is 2.64. The van der Waals surface area contributed by atoms with Crippen LogP contribution in [0.15, 0.2) is 6.07 Å². The summed E-state index contributed by atoms with van der Waals surface area (Å²) in [6.07, 6.45) is 4.17. The Morgan fingerprint density at radius 2 is 2.17 bits per heavy atom. The number of β-amino-alcohol motifs (C(OH)–C–C–N with tert-alkyl or cyclic N) is 1. The maximum atomic E-state index is 9.73. The van der Waals surface area contributed by atoms with Gasteiger partial charge >= 0.3 is 0 Å². The molecule has 1 aromatic heterocycles. The third-order valence-electron chi connectivity index (χ3n) is 3.47. The van der Waals surface area contributed by atoms with Crippen LogP contribution in [0.4, 0.5) is 11.6 Å². The molecule has 0 amide bonds. The van der Waals surface area contributed by atoms with Crippen molar-refractivity contribution in [2.45, 2.75) is 44.8 Å². The van der Waals surface area contributed by atoms with Crippen molar-refractivity contribution in [3.05, 3.63) is 11.9 Å². The lowest BCUT2D eigenvalue weighted by Crippen LogP contribution is -2.38. The predicted molar refractivity (Wildman–Crippen MR) is 70.9 cm³/mol. The maximum absolute atomic E-state index is 9.73. The van der Waals surface area contributed by atoms with Crippen molar-refractivity contribution in [1.29, 1.82) is 0 Å². The molecule has 2 N–H and O–H groups in total. The highest BCUT2D eigenvalue weighted by molar-refractivity contribution is 5.50. The van der Waals surface area contributed by atoms with E-state index < -0.39 is 0 Å². The fraction of sp³-hybridized carbons (Fsp3) is 0.692. The summed E-state index contributed by atoms with van der Waals surface area (Å²) in [5.41, 5.74) is 0. The SMILES string of the molecule is Cc1nc(NC2CC2)cc(N2CCCC(O)C2)n1. The number of hydrogen-bond donors (Lipinski definition) is 2. The van der Waals surface area contributed by atoms with Crippen LogP contribution in [-0.4, -0.2) is 40.3 Å². The van der Waals surface area contributed by atoms with Crippen molar-refractivity contribution in [3.8, 4) is 0 Å². The number of piperidine rings is 1. The number of nitrogens with zero attached hydrogens (tertiary/aromatic N) is 3. The van der Waals surface area contributed by atoms with Crippen LogP contribution in [-0.2, 0) is 0 Å². The molecule has 5 heteroatoms. The smallest absolute Gasteiger partial charge is 0.134 e. The van der Waals surface area contributed by atoms with Crippen LogP contribution >= 0.6 is 0 Å². The quantitative estimate of drug-likeness (QED) is 0.845. The molecule has 1 aliphatic carbocycles. The van der Waals surface area contributed by atoms with Crippen LogP contribution in [0.3, 0.4) is 0 Å². The van der Waals surface area contributed by atoms with Gasteiger partial charge in [-0.1, -0.05) is 0 Å². The third kappa shape index (κ3) is 2.72. The zero-order chi connectivity index (χ0) is 12.5. The lowest BCUT2D eigenvalue weighted by molar-refractivity contribution is 0.154. The first-order valence-electron chi connectivity index (χ1n) is 6.76. The van der Waals surface area contributed by atoms with Gasteiger partial charge in [-0.2, -0.15) is 0 Å². The second kappa shape index (κ2) is 4.72. The molecule has 98 valence electrons. The minimum atomic E-state index is -0.228. The minimum absolute atomic E-state index is 0.228. The molecule has 1 atom stereocenters. The molecular weight excluding hydrogens is 228 g/mol. The van der Waals surface area contributed by atoms with E-state index in [0.717, 1.165) is 36.8 Å². The zero-order valence-corrected chi connectivity index (χ0v) is 10.8. The molecule has 3 rings (SSSR count). The molecule has 2 fully saturated rings. The van der Waals surface area contributed by atoms with Crippen LogP contribution in [0.25, 0.3) is 0 Å². The molecule has 1 saturated heterocycles. The number of anilines is 2. The number of rotatable bonds is 3. The Hall–Kier alpha value is -1.36. The largest absolute Gasteiger partial charge is 0.391 e. The fourth-order valence-electron chi connectivity index (χ4n) is 2.39. The molecular formula is C13H20N4O. The molecule has 0 aromatic carbocycles. The summed E-state index contributed by atoms with van der Waals surface area (Å²) >= 11 is 0. The summed E-state index contributed by atoms with van der Waals surface area (Å²) in [6, 6.07) is 2.60. The zero-order valence-electron chi connectivity index (χ0n) is 10.8. The Kier molecular flexibility index (Phi) is 3.07. The normalized spacial score (nSPS) is 24.1. The standard InChI is InChI=1S/C13H20N4O/c1-9-14-12(16-10-4-5-10)7-13(15-9)17-6-2-3-11(18)8-17/h7,10-11,18H,2-6,8H2,1H3,(H,14,15,16). The summed E-state index contributed by atoms with van der Waals surface area (Å²) in [6.45, 7) is 3.57. The number of nitrogens with one attached hydrogen (secondary N) is 1. The molecule has 1 unspecified atom stereocenters. The van der Waals surface area contributed by atoms with Gasteiger partial charge in [-0.3, -0.25) is 0 Å². The second-order valence-corrected chi connectivity index (χ2v) is 5.32. The van der Waals surface area contributed by atoms with Crippen LogP contribution in [0.2, 0.25) is 0 Å². The highest BCUT2D eigenvalue weighted by atomic mass is 16.3. The number of aliphatic hydroxyl groups excluding tert-OH is 1. The van der Waals surface area contributed by atoms with Gasteiger partial charge in [0.25, 0.3) is 0 Å². The van der Waals surface area contributed by atoms with Gasteiger partial charge in [-0.15, -0.1) is 0 Å². The average Bonchev–Trinajstić information content (AvgIpc) is 3.12. The van der Waals surface area contributed by atoms with Crippen molar-refractivity contribution in [2.75, 3.05) is 23.3 Å². The Labute approximate surface area is 107 Å². The van der Waals surface area contributed by atoms with Gasteiger partial charge in [0.15, 0.2) is 0 Å². The molecule has 1 aliphatic heterocycles. The number of aromatic nitrogens is 2. The van der Waals surface area contributed by atoms with Crippen LogP contribution in [0.1, 0.15) is 31.5 Å². The summed E-state index contributed by atoms with van der Waals surface area (Å²) in [4.78, 5) is 11.1. The van der Waals surface area contributed by atoms with Crippen LogP contribution in [0, 0.1) is 6.92 Å². The molecule has 2 heterocycles. The van der Waals surface area contributed by atoms with E-state index in [4.69, 9.17) is 0 Å². The second-order valence-electron chi connectivity index (χ2n) is 5.32. The van der Waals surface area contributed by atoms with Gasteiger partial charge in [-0.05, 0) is 32.6 Å². The van der Waals surface area contributed by atoms with E-state index in [2.05, 4.69) is 20.2 Å². The van der Waals surface area contributed by atoms with Gasteiger partial charge in [0, 0.05) is 25.2 Å². The monoisotopic (exact) mass is 248 g/mol. The lowest BCUT2D eigenvalue weighted by atomic mass is 10.1. The molecule has 2 aliphatic rings. The van der Waals surface area contributed by atoms with Gasteiger partial charge < -0.3 is 15.3 Å². The van der Waals surface area contributed by atoms with Crippen LogP contribution in [0.5, 0.6) is 0 Å². The fourth-order valence-corrected chi connectivity index (χ4v) is 2.39. The van der Waals surface area contributed by atoms with Gasteiger partial charge in [-0.25, -0.2) is 9.97 Å². The van der Waals surface area contributed by atoms with Gasteiger partial charge in [0.1, 0.15) is 17.5 Å². The summed E-state index contributed by atoms with van der Waals surface area (Å²) in [7, 11) is 0. The van der Waals surface area contributed by atoms with Crippen molar-refractivity contribution in [2.24, 2.45) is 0 Å². The highest BCUT2D eigenvalue weighted by Crippen LogP contribution is 2.26. The van der Waals surface area contributed by atoms with E-state index >= 15 is 0 Å². The Morgan fingerprint density at radius 3 is 2.89 bits per heavy atom. The maximum Gasteiger partial charge on any atom is 0.134 e. The molecule has 0 radical (unpaired) electrons. The lowest BCUT2D eigenvalue weighted by Gasteiger charge is -2.31. The molecule has 0 spiro atoms. The first kappa shape index (κ1) is 11.7. The third-order valence-corrected chi connectivity index (χ3v) is 3.47. The Morgan fingerprint density at radius 1 is 1.33 bits per heavy atom. The minimum Gasteiger partial charge on any atom is -0.391 e. The van der Waals surface area contributed by atoms with Crippen molar-refractivity contribution in [1.82, 2.24) is 9.97 Å². The highest BCUT2D eigenvalue weighted by Gasteiger charge is 2.23. The van der Waals surface area contributed by atoms with E-state index in [1.54, 1.807) is 0 Å². The van der Waals surface area contributed by atoms with Gasteiger partial charge in [0.05, 0.1) is 6.10 Å². The topological polar surface area (TPSA) is 61.3 Å². The van der Waals surface area contributed by atoms with Crippen molar-refractivity contribution < 1.29 is 5.11 Å². The molecule has 1 aromatic rings. The van der Waals surface area contributed by atoms with E-state index in [1.807, 2.05) is 13.0 Å². The predicted octanol–water partition coefficient (Wildman–Crippen LogP) is 1.32. The van der Waals surface area contributed by atoms with Gasteiger partial charge in [0.2, 0.25) is 0 Å². The van der Waals surface area contributed by atoms with E-state index in [9.17, 15) is 5.11 Å². The Balaban J connectivity index is 1.78. The van der Waals surface area contributed by atoms with Crippen LogP contribution < -0.4 is 10.2 Å². The van der Waals surface area contributed by atoms with E-state index in [0.29, 0.717) is 12.6 Å². The molecule has 0 bridgehead atoms. The molecule has 18 heavy (non-hydrogen) atoms. The Bertz CT molecular complexity index is 433. The first-order valence-corrected chi connectivity index (χ1v) is 6.76. The molecule has 1 saturated carbocycles. The number of hydrogen-bond acceptors (Lipinski definition) is 5.